The van der Waals surface area contributed by atoms with Gasteiger partial charge >= 0.3 is 5.97 Å². The first-order valence-corrected chi connectivity index (χ1v) is 14.9. The van der Waals surface area contributed by atoms with E-state index in [4.69, 9.17) is 15.2 Å². The highest BCUT2D eigenvalue weighted by molar-refractivity contribution is 6.05. The highest BCUT2D eigenvalue weighted by atomic mass is 16.5. The number of aromatic nitrogens is 3. The van der Waals surface area contributed by atoms with Crippen LogP contribution >= 0.6 is 0 Å². The summed E-state index contributed by atoms with van der Waals surface area (Å²) in [4.78, 5) is 27.0. The number of carboxylic acids is 1. The maximum atomic E-state index is 13.4. The molecule has 4 rings (SSSR count). The van der Waals surface area contributed by atoms with Crippen molar-refractivity contribution in [2.75, 3.05) is 51.8 Å². The SMILES string of the molecule is CC(C)(C)CN.COc1c(CCN2CCOCC2)cc(C(C)(C)C)cc1NC(=O)c1ccc(C)c(-n2cc(C(=O)O)nn2)c1. The van der Waals surface area contributed by atoms with E-state index in [1.807, 2.05) is 13.0 Å². The Morgan fingerprint density at radius 3 is 2.30 bits per heavy atom. The largest absolute Gasteiger partial charge is 0.494 e. The van der Waals surface area contributed by atoms with Gasteiger partial charge in [-0.1, -0.05) is 58.9 Å². The number of ether oxygens (including phenoxy) is 2. The maximum absolute atomic E-state index is 13.4. The molecule has 11 nitrogen and oxygen atoms in total. The fourth-order valence-corrected chi connectivity index (χ4v) is 4.42. The van der Waals surface area contributed by atoms with Crippen molar-refractivity contribution in [1.29, 1.82) is 0 Å². The molecule has 3 aromatic rings. The second kappa shape index (κ2) is 14.8. The van der Waals surface area contributed by atoms with Crippen molar-refractivity contribution >= 4 is 17.6 Å². The lowest BCUT2D eigenvalue weighted by molar-refractivity contribution is 0.0384. The monoisotopic (exact) mass is 608 g/mol. The van der Waals surface area contributed by atoms with E-state index in [9.17, 15) is 14.7 Å². The molecule has 1 amide bonds. The number of morpholine rings is 1. The summed E-state index contributed by atoms with van der Waals surface area (Å²) in [6.07, 6.45) is 2.10. The number of rotatable bonds is 8. The van der Waals surface area contributed by atoms with Crippen molar-refractivity contribution in [2.45, 2.75) is 60.3 Å². The molecule has 1 aromatic heterocycles. The molecule has 44 heavy (non-hydrogen) atoms. The van der Waals surface area contributed by atoms with Crippen LogP contribution in [0.3, 0.4) is 0 Å². The van der Waals surface area contributed by atoms with Gasteiger partial charge in [-0.25, -0.2) is 9.48 Å². The molecule has 1 aliphatic heterocycles. The van der Waals surface area contributed by atoms with Gasteiger partial charge in [-0.3, -0.25) is 9.69 Å². The van der Waals surface area contributed by atoms with Crippen LogP contribution in [-0.2, 0) is 16.6 Å². The summed E-state index contributed by atoms with van der Waals surface area (Å²) in [6.45, 7) is 19.6. The number of carbonyl (C=O) groups excluding carboxylic acids is 1. The Morgan fingerprint density at radius 1 is 1.09 bits per heavy atom. The van der Waals surface area contributed by atoms with Crippen molar-refractivity contribution < 1.29 is 24.2 Å². The van der Waals surface area contributed by atoms with Crippen LogP contribution in [0.25, 0.3) is 5.69 Å². The van der Waals surface area contributed by atoms with Crippen LogP contribution in [0.2, 0.25) is 0 Å². The number of benzene rings is 2. The Hall–Kier alpha value is -3.80. The number of hydrogen-bond donors (Lipinski definition) is 3. The highest BCUT2D eigenvalue weighted by Gasteiger charge is 2.22. The summed E-state index contributed by atoms with van der Waals surface area (Å²) in [6, 6.07) is 9.33. The number of amides is 1. The van der Waals surface area contributed by atoms with Gasteiger partial charge in [0.1, 0.15) is 5.75 Å². The second-order valence-electron chi connectivity index (χ2n) is 13.2. The quantitative estimate of drug-likeness (QED) is 0.331. The van der Waals surface area contributed by atoms with Crippen molar-refractivity contribution in [2.24, 2.45) is 11.1 Å². The number of nitrogens with two attached hydrogens (primary N) is 1. The number of aryl methyl sites for hydroxylation is 1. The fraction of sp³-hybridized carbons (Fsp3) is 0.515. The van der Waals surface area contributed by atoms with Crippen LogP contribution in [0, 0.1) is 12.3 Å². The standard InChI is InChI=1S/C28H35N5O5.C5H13N/c1-18-6-7-20(15-24(18)33-17-23(27(35)36)30-31-33)26(34)29-22-16-21(28(2,3)4)14-19(25(22)37-5)8-9-32-10-12-38-13-11-32;1-5(2,3)4-6/h6-7,14-17H,8-13H2,1-5H3,(H,29,34)(H,35,36);4,6H2,1-3H3. The fourth-order valence-electron chi connectivity index (χ4n) is 4.42. The second-order valence-corrected chi connectivity index (χ2v) is 13.2. The summed E-state index contributed by atoms with van der Waals surface area (Å²) in [5.41, 5.74) is 9.85. The topological polar surface area (TPSA) is 145 Å². The van der Waals surface area contributed by atoms with Gasteiger partial charge in [0, 0.05) is 25.2 Å². The van der Waals surface area contributed by atoms with Gasteiger partial charge in [-0.2, -0.15) is 0 Å². The average molecular weight is 609 g/mol. The number of hydrogen-bond acceptors (Lipinski definition) is 8. The van der Waals surface area contributed by atoms with Crippen LogP contribution in [0.15, 0.2) is 36.5 Å². The number of carbonyl (C=O) groups is 2. The van der Waals surface area contributed by atoms with E-state index in [1.165, 1.54) is 10.9 Å². The third-order valence-electron chi connectivity index (χ3n) is 7.33. The average Bonchev–Trinajstić information content (AvgIpc) is 3.47. The molecule has 0 atom stereocenters. The van der Waals surface area contributed by atoms with E-state index in [0.29, 0.717) is 28.1 Å². The first kappa shape index (κ1) is 34.7. The van der Waals surface area contributed by atoms with E-state index in [2.05, 4.69) is 68.1 Å². The molecule has 0 unspecified atom stereocenters. The molecular weight excluding hydrogens is 560 g/mol. The predicted molar refractivity (Wildman–Crippen MR) is 172 cm³/mol. The predicted octanol–water partition coefficient (Wildman–Crippen LogP) is 4.70. The molecule has 0 bridgehead atoms. The first-order chi connectivity index (χ1) is 20.6. The molecule has 4 N–H and O–H groups in total. The van der Waals surface area contributed by atoms with Crippen molar-refractivity contribution in [3.05, 3.63) is 64.5 Å². The minimum Gasteiger partial charge on any atom is -0.494 e. The van der Waals surface area contributed by atoms with E-state index in [1.54, 1.807) is 25.3 Å². The number of aromatic carboxylic acids is 1. The molecule has 240 valence electrons. The summed E-state index contributed by atoms with van der Waals surface area (Å²) in [7, 11) is 1.62. The molecule has 11 heteroatoms. The molecular formula is C33H48N6O5. The normalized spacial score (nSPS) is 14.0. The summed E-state index contributed by atoms with van der Waals surface area (Å²) in [5, 5.41) is 19.8. The molecule has 1 saturated heterocycles. The molecule has 0 spiro atoms. The molecule has 0 radical (unpaired) electrons. The van der Waals surface area contributed by atoms with Crippen molar-refractivity contribution in [3.8, 4) is 11.4 Å². The minimum absolute atomic E-state index is 0.133. The number of methoxy groups -OCH3 is 1. The lowest BCUT2D eigenvalue weighted by Crippen LogP contribution is -2.37. The van der Waals surface area contributed by atoms with Gasteiger partial charge in [-0.05, 0) is 65.6 Å². The third-order valence-corrected chi connectivity index (χ3v) is 7.33. The first-order valence-electron chi connectivity index (χ1n) is 14.9. The summed E-state index contributed by atoms with van der Waals surface area (Å²) < 4.78 is 12.7. The smallest absolute Gasteiger partial charge is 0.358 e. The minimum atomic E-state index is -1.17. The summed E-state index contributed by atoms with van der Waals surface area (Å²) in [5.74, 6) is -0.833. The Balaban J connectivity index is 0.000000801. The van der Waals surface area contributed by atoms with E-state index in [0.717, 1.165) is 62.5 Å². The zero-order valence-corrected chi connectivity index (χ0v) is 27.4. The molecule has 0 saturated carbocycles. The van der Waals surface area contributed by atoms with Gasteiger partial charge < -0.3 is 25.6 Å². The Morgan fingerprint density at radius 2 is 1.75 bits per heavy atom. The highest BCUT2D eigenvalue weighted by Crippen LogP contribution is 2.36. The number of nitrogens with one attached hydrogen (secondary N) is 1. The van der Waals surface area contributed by atoms with Crippen LogP contribution in [-0.4, -0.2) is 83.4 Å². The molecule has 1 fully saturated rings. The lowest BCUT2D eigenvalue weighted by Gasteiger charge is -2.28. The molecule has 0 aliphatic carbocycles. The van der Waals surface area contributed by atoms with E-state index >= 15 is 0 Å². The zero-order chi connectivity index (χ0) is 32.7. The van der Waals surface area contributed by atoms with Crippen LogP contribution in [0.1, 0.15) is 79.1 Å². The Kier molecular flexibility index (Phi) is 11.7. The van der Waals surface area contributed by atoms with E-state index < -0.39 is 5.97 Å². The van der Waals surface area contributed by atoms with Gasteiger partial charge in [-0.15, -0.1) is 5.10 Å². The molecule has 2 aromatic carbocycles. The third kappa shape index (κ3) is 9.60. The van der Waals surface area contributed by atoms with Crippen molar-refractivity contribution in [3.63, 3.8) is 0 Å². The van der Waals surface area contributed by atoms with Gasteiger partial charge in [0.25, 0.3) is 5.91 Å². The number of carboxylic acid groups (broad SMARTS) is 1. The number of nitrogens with zero attached hydrogens (tertiary/aromatic N) is 4. The van der Waals surface area contributed by atoms with Crippen LogP contribution < -0.4 is 15.8 Å². The summed E-state index contributed by atoms with van der Waals surface area (Å²) >= 11 is 0. The molecule has 2 heterocycles. The van der Waals surface area contributed by atoms with Gasteiger partial charge in [0.15, 0.2) is 5.69 Å². The van der Waals surface area contributed by atoms with Crippen LogP contribution in [0.5, 0.6) is 5.75 Å². The van der Waals surface area contributed by atoms with Gasteiger partial charge in [0.2, 0.25) is 0 Å². The van der Waals surface area contributed by atoms with Crippen molar-refractivity contribution in [1.82, 2.24) is 19.9 Å². The van der Waals surface area contributed by atoms with Crippen LogP contribution in [0.4, 0.5) is 5.69 Å². The van der Waals surface area contributed by atoms with Gasteiger partial charge in [0.05, 0.1) is 37.9 Å². The zero-order valence-electron chi connectivity index (χ0n) is 27.4. The maximum Gasteiger partial charge on any atom is 0.358 e. The van der Waals surface area contributed by atoms with E-state index in [-0.39, 0.29) is 17.0 Å². The number of anilines is 1. The molecule has 1 aliphatic rings. The lowest BCUT2D eigenvalue weighted by atomic mass is 9.85. The Bertz CT molecular complexity index is 1430. The Labute approximate surface area is 260 Å².